The number of amides is 2. The van der Waals surface area contributed by atoms with Crippen LogP contribution in [-0.2, 0) is 9.59 Å². The Kier molecular flexibility index (Phi) is 6.69. The minimum atomic E-state index is -0.558. The zero-order valence-electron chi connectivity index (χ0n) is 16.6. The molecule has 28 heavy (non-hydrogen) atoms. The van der Waals surface area contributed by atoms with Gasteiger partial charge in [-0.05, 0) is 35.6 Å². The standard InChI is InChI=1S/C23H28N2O3/c1-17(2)18-10-12-19(13-11-18)22-23(27)24-14-15-25(22)21(26)9-6-16-28-20-7-4-3-5-8-20/h3-5,7-8,10-13,17,22H,6,9,14-16H2,1-2H3,(H,24,27). The molecule has 2 aromatic rings. The third-order valence-corrected chi connectivity index (χ3v) is 5.00. The summed E-state index contributed by atoms with van der Waals surface area (Å²) in [6.45, 7) is 5.77. The highest BCUT2D eigenvalue weighted by atomic mass is 16.5. The first kappa shape index (κ1) is 19.9. The highest BCUT2D eigenvalue weighted by Crippen LogP contribution is 2.26. The minimum absolute atomic E-state index is 0.00977. The van der Waals surface area contributed by atoms with Gasteiger partial charge < -0.3 is 15.0 Å². The molecule has 1 aliphatic rings. The van der Waals surface area contributed by atoms with Gasteiger partial charge in [0, 0.05) is 19.5 Å². The Hall–Kier alpha value is -2.82. The van der Waals surface area contributed by atoms with Gasteiger partial charge in [0.1, 0.15) is 11.8 Å². The lowest BCUT2D eigenvalue weighted by molar-refractivity contribution is -0.143. The summed E-state index contributed by atoms with van der Waals surface area (Å²) in [7, 11) is 0. The molecule has 0 aliphatic carbocycles. The second-order valence-corrected chi connectivity index (χ2v) is 7.37. The van der Waals surface area contributed by atoms with Gasteiger partial charge in [-0.2, -0.15) is 0 Å². The Bertz CT molecular complexity index is 787. The molecule has 0 aromatic heterocycles. The molecule has 0 radical (unpaired) electrons. The average molecular weight is 380 g/mol. The number of carbonyl (C=O) groups is 2. The predicted octanol–water partition coefficient (Wildman–Crippen LogP) is 3.67. The summed E-state index contributed by atoms with van der Waals surface area (Å²) in [5.74, 6) is 1.11. The Balaban J connectivity index is 1.61. The molecule has 0 bridgehead atoms. The Morgan fingerprint density at radius 3 is 2.54 bits per heavy atom. The van der Waals surface area contributed by atoms with Crippen LogP contribution in [0.3, 0.4) is 0 Å². The summed E-state index contributed by atoms with van der Waals surface area (Å²) in [6, 6.07) is 17.0. The van der Waals surface area contributed by atoms with Crippen LogP contribution >= 0.6 is 0 Å². The lowest BCUT2D eigenvalue weighted by atomic mass is 9.97. The molecular weight excluding hydrogens is 352 g/mol. The molecule has 5 nitrogen and oxygen atoms in total. The summed E-state index contributed by atoms with van der Waals surface area (Å²) in [5, 5.41) is 2.88. The van der Waals surface area contributed by atoms with Crippen molar-refractivity contribution in [3.05, 3.63) is 65.7 Å². The largest absolute Gasteiger partial charge is 0.494 e. The second-order valence-electron chi connectivity index (χ2n) is 7.37. The number of carbonyl (C=O) groups excluding carboxylic acids is 2. The highest BCUT2D eigenvalue weighted by Gasteiger charge is 2.33. The van der Waals surface area contributed by atoms with E-state index in [1.54, 1.807) is 4.90 Å². The molecule has 5 heteroatoms. The van der Waals surface area contributed by atoms with E-state index in [1.807, 2.05) is 54.6 Å². The van der Waals surface area contributed by atoms with Crippen molar-refractivity contribution in [1.29, 1.82) is 0 Å². The van der Waals surface area contributed by atoms with Crippen LogP contribution in [0.25, 0.3) is 0 Å². The van der Waals surface area contributed by atoms with Gasteiger partial charge in [0.2, 0.25) is 11.8 Å². The number of piperazine rings is 1. The van der Waals surface area contributed by atoms with E-state index < -0.39 is 6.04 Å². The molecular formula is C23H28N2O3. The number of para-hydroxylation sites is 1. The topological polar surface area (TPSA) is 58.6 Å². The van der Waals surface area contributed by atoms with Crippen LogP contribution in [0.5, 0.6) is 5.75 Å². The fourth-order valence-corrected chi connectivity index (χ4v) is 3.40. The van der Waals surface area contributed by atoms with Crippen molar-refractivity contribution in [2.45, 2.75) is 38.6 Å². The maximum Gasteiger partial charge on any atom is 0.247 e. The zero-order valence-corrected chi connectivity index (χ0v) is 16.6. The SMILES string of the molecule is CC(C)c1ccc(C2C(=O)NCCN2C(=O)CCCOc2ccccc2)cc1. The fraction of sp³-hybridized carbons (Fsp3) is 0.391. The third kappa shape index (κ3) is 4.91. The average Bonchev–Trinajstić information content (AvgIpc) is 2.71. The molecule has 0 spiro atoms. The Morgan fingerprint density at radius 2 is 1.86 bits per heavy atom. The van der Waals surface area contributed by atoms with E-state index in [0.29, 0.717) is 38.5 Å². The summed E-state index contributed by atoms with van der Waals surface area (Å²) < 4.78 is 5.66. The van der Waals surface area contributed by atoms with Crippen LogP contribution in [-0.4, -0.2) is 36.4 Å². The van der Waals surface area contributed by atoms with E-state index >= 15 is 0 Å². The molecule has 1 saturated heterocycles. The van der Waals surface area contributed by atoms with E-state index in [2.05, 4.69) is 19.2 Å². The van der Waals surface area contributed by atoms with Crippen molar-refractivity contribution in [2.75, 3.05) is 19.7 Å². The van der Waals surface area contributed by atoms with Crippen molar-refractivity contribution >= 4 is 11.8 Å². The number of nitrogens with one attached hydrogen (secondary N) is 1. The van der Waals surface area contributed by atoms with Crippen molar-refractivity contribution in [1.82, 2.24) is 10.2 Å². The zero-order chi connectivity index (χ0) is 19.9. The van der Waals surface area contributed by atoms with Gasteiger partial charge in [0.25, 0.3) is 0 Å². The van der Waals surface area contributed by atoms with E-state index in [1.165, 1.54) is 5.56 Å². The molecule has 3 rings (SSSR count). The third-order valence-electron chi connectivity index (χ3n) is 5.00. The van der Waals surface area contributed by atoms with E-state index in [9.17, 15) is 9.59 Å². The van der Waals surface area contributed by atoms with E-state index in [0.717, 1.165) is 11.3 Å². The molecule has 1 N–H and O–H groups in total. The number of nitrogens with zero attached hydrogens (tertiary/aromatic N) is 1. The summed E-state index contributed by atoms with van der Waals surface area (Å²) in [4.78, 5) is 27.0. The molecule has 1 unspecified atom stereocenters. The van der Waals surface area contributed by atoms with Gasteiger partial charge in [0.15, 0.2) is 0 Å². The maximum absolute atomic E-state index is 12.8. The lowest BCUT2D eigenvalue weighted by Gasteiger charge is -2.35. The van der Waals surface area contributed by atoms with Gasteiger partial charge in [-0.3, -0.25) is 9.59 Å². The van der Waals surface area contributed by atoms with Gasteiger partial charge in [-0.1, -0.05) is 56.3 Å². The van der Waals surface area contributed by atoms with Gasteiger partial charge in [-0.25, -0.2) is 0 Å². The molecule has 148 valence electrons. The van der Waals surface area contributed by atoms with Gasteiger partial charge >= 0.3 is 0 Å². The van der Waals surface area contributed by atoms with Gasteiger partial charge in [0.05, 0.1) is 6.61 Å². The van der Waals surface area contributed by atoms with Crippen molar-refractivity contribution in [2.24, 2.45) is 0 Å². The fourth-order valence-electron chi connectivity index (χ4n) is 3.40. The van der Waals surface area contributed by atoms with Crippen LogP contribution in [0, 0.1) is 0 Å². The second kappa shape index (κ2) is 9.40. The van der Waals surface area contributed by atoms with Crippen LogP contribution in [0.2, 0.25) is 0 Å². The molecule has 1 aliphatic heterocycles. The lowest BCUT2D eigenvalue weighted by Crippen LogP contribution is -2.52. The van der Waals surface area contributed by atoms with E-state index in [4.69, 9.17) is 4.74 Å². The van der Waals surface area contributed by atoms with Crippen molar-refractivity contribution < 1.29 is 14.3 Å². The number of rotatable bonds is 7. The molecule has 2 amide bonds. The quantitative estimate of drug-likeness (QED) is 0.746. The normalized spacial score (nSPS) is 16.8. The molecule has 1 fully saturated rings. The number of benzene rings is 2. The monoisotopic (exact) mass is 380 g/mol. The van der Waals surface area contributed by atoms with Crippen molar-refractivity contribution in [3.63, 3.8) is 0 Å². The van der Waals surface area contributed by atoms with Crippen LogP contribution in [0.15, 0.2) is 54.6 Å². The predicted molar refractivity (Wildman–Crippen MR) is 109 cm³/mol. The minimum Gasteiger partial charge on any atom is -0.494 e. The summed E-state index contributed by atoms with van der Waals surface area (Å²) >= 11 is 0. The Morgan fingerprint density at radius 1 is 1.14 bits per heavy atom. The first-order chi connectivity index (χ1) is 13.6. The summed E-state index contributed by atoms with van der Waals surface area (Å²) in [6.07, 6.45) is 0.978. The first-order valence-electron chi connectivity index (χ1n) is 9.91. The maximum atomic E-state index is 12.8. The molecule has 1 heterocycles. The first-order valence-corrected chi connectivity index (χ1v) is 9.91. The Labute approximate surface area is 166 Å². The van der Waals surface area contributed by atoms with E-state index in [-0.39, 0.29) is 11.8 Å². The summed E-state index contributed by atoms with van der Waals surface area (Å²) in [5.41, 5.74) is 2.08. The number of hydrogen-bond acceptors (Lipinski definition) is 3. The van der Waals surface area contributed by atoms with Gasteiger partial charge in [-0.15, -0.1) is 0 Å². The van der Waals surface area contributed by atoms with Crippen LogP contribution in [0.4, 0.5) is 0 Å². The smallest absolute Gasteiger partial charge is 0.247 e. The number of ether oxygens (including phenoxy) is 1. The van der Waals surface area contributed by atoms with Crippen LogP contribution in [0.1, 0.15) is 49.8 Å². The molecule has 0 saturated carbocycles. The highest BCUT2D eigenvalue weighted by molar-refractivity contribution is 5.89. The van der Waals surface area contributed by atoms with Crippen molar-refractivity contribution in [3.8, 4) is 5.75 Å². The van der Waals surface area contributed by atoms with Crippen LogP contribution < -0.4 is 10.1 Å². The number of hydrogen-bond donors (Lipinski definition) is 1. The molecule has 1 atom stereocenters. The molecule has 2 aromatic carbocycles.